The molecule has 0 unspecified atom stereocenters. The molecule has 3 fully saturated rings. The molecule has 33 heavy (non-hydrogen) atoms. The van der Waals surface area contributed by atoms with E-state index in [9.17, 15) is 4.79 Å². The smallest absolute Gasteiger partial charge is 0.312 e. The summed E-state index contributed by atoms with van der Waals surface area (Å²) in [7, 11) is 0. The van der Waals surface area contributed by atoms with Crippen molar-refractivity contribution in [2.24, 2.45) is 11.8 Å². The predicted molar refractivity (Wildman–Crippen MR) is 137 cm³/mol. The number of benzene rings is 1. The molecule has 6 nitrogen and oxygen atoms in total. The van der Waals surface area contributed by atoms with Crippen LogP contribution in [0.5, 0.6) is 0 Å². The Morgan fingerprint density at radius 2 is 1.70 bits per heavy atom. The third-order valence-electron chi connectivity index (χ3n) is 7.45. The molecule has 0 radical (unpaired) electrons. The number of anilines is 1. The summed E-state index contributed by atoms with van der Waals surface area (Å²) in [5.74, 6) is 1.64. The Hall–Kier alpha value is -1.89. The summed E-state index contributed by atoms with van der Waals surface area (Å²) >= 11 is 0. The van der Waals surface area contributed by atoms with Crippen LogP contribution in [0.2, 0.25) is 0 Å². The molecule has 6 heteroatoms. The number of hydrogen-bond donors (Lipinski definition) is 1. The Morgan fingerprint density at radius 1 is 1.00 bits per heavy atom. The molecular formula is C27H43N5O. The molecule has 0 saturated carbocycles. The highest BCUT2D eigenvalue weighted by Gasteiger charge is 2.25. The zero-order valence-electron chi connectivity index (χ0n) is 21.0. The van der Waals surface area contributed by atoms with E-state index in [1.165, 1.54) is 57.7 Å². The standard InChI is InChI=1S/C27H43N5O/c1-21(2)18-29-10-8-24(9-11-29)19-30-13-15-31(16-14-30)20-25-6-5-22(3)26(17-25)32-12-7-23(4)28-27(32)33/h5-6,17,21,24H,4,7-16,18-20H2,1-3H3,(H,28,33). The number of likely N-dealkylation sites (tertiary alicyclic amines) is 1. The lowest BCUT2D eigenvalue weighted by Gasteiger charge is -2.39. The van der Waals surface area contributed by atoms with E-state index in [0.29, 0.717) is 6.54 Å². The van der Waals surface area contributed by atoms with Gasteiger partial charge in [0.15, 0.2) is 0 Å². The van der Waals surface area contributed by atoms with Crippen LogP contribution in [0.1, 0.15) is 44.2 Å². The van der Waals surface area contributed by atoms with E-state index in [0.717, 1.165) is 54.8 Å². The maximum absolute atomic E-state index is 12.5. The third-order valence-corrected chi connectivity index (χ3v) is 7.45. The quantitative estimate of drug-likeness (QED) is 0.680. The molecule has 2 amide bonds. The van der Waals surface area contributed by atoms with E-state index in [2.05, 4.69) is 65.6 Å². The summed E-state index contributed by atoms with van der Waals surface area (Å²) in [4.78, 5) is 22.2. The second kappa shape index (κ2) is 11.0. The van der Waals surface area contributed by atoms with Crippen molar-refractivity contribution in [1.82, 2.24) is 20.0 Å². The minimum Gasteiger partial charge on any atom is -0.312 e. The summed E-state index contributed by atoms with van der Waals surface area (Å²) in [6.07, 6.45) is 3.52. The normalized spacial score (nSPS) is 22.2. The Morgan fingerprint density at radius 3 is 2.36 bits per heavy atom. The van der Waals surface area contributed by atoms with E-state index in [4.69, 9.17) is 0 Å². The third kappa shape index (κ3) is 6.58. The van der Waals surface area contributed by atoms with Gasteiger partial charge in [0.1, 0.15) is 0 Å². The van der Waals surface area contributed by atoms with E-state index in [1.807, 2.05) is 4.90 Å². The fourth-order valence-corrected chi connectivity index (χ4v) is 5.52. The van der Waals surface area contributed by atoms with Crippen molar-refractivity contribution in [2.45, 2.75) is 46.6 Å². The number of piperidine rings is 1. The van der Waals surface area contributed by atoms with Gasteiger partial charge in [0.25, 0.3) is 0 Å². The van der Waals surface area contributed by atoms with Crippen LogP contribution in [-0.4, -0.2) is 79.6 Å². The number of amides is 2. The van der Waals surface area contributed by atoms with Crippen molar-refractivity contribution >= 4 is 11.7 Å². The first-order valence-corrected chi connectivity index (χ1v) is 12.9. The van der Waals surface area contributed by atoms with E-state index in [1.54, 1.807) is 0 Å². The van der Waals surface area contributed by atoms with Crippen molar-refractivity contribution in [2.75, 3.05) is 63.8 Å². The van der Waals surface area contributed by atoms with E-state index < -0.39 is 0 Å². The Bertz CT molecular complexity index is 822. The van der Waals surface area contributed by atoms with Gasteiger partial charge in [-0.25, -0.2) is 4.79 Å². The molecule has 1 aromatic rings. The van der Waals surface area contributed by atoms with Crippen molar-refractivity contribution in [3.8, 4) is 0 Å². The Kier molecular flexibility index (Phi) is 8.10. The molecule has 1 N–H and O–H groups in total. The van der Waals surface area contributed by atoms with Gasteiger partial charge in [-0.15, -0.1) is 0 Å². The Labute approximate surface area is 200 Å². The van der Waals surface area contributed by atoms with Crippen LogP contribution in [0, 0.1) is 18.8 Å². The number of piperazine rings is 1. The second-order valence-corrected chi connectivity index (χ2v) is 10.8. The van der Waals surface area contributed by atoms with Crippen molar-refractivity contribution in [3.05, 3.63) is 41.6 Å². The molecule has 0 bridgehead atoms. The van der Waals surface area contributed by atoms with Gasteiger partial charge in [-0.2, -0.15) is 0 Å². The second-order valence-electron chi connectivity index (χ2n) is 10.8. The topological polar surface area (TPSA) is 42.1 Å². The highest BCUT2D eigenvalue weighted by molar-refractivity contribution is 5.94. The lowest BCUT2D eigenvalue weighted by atomic mass is 9.95. The molecule has 0 aliphatic carbocycles. The molecule has 3 aliphatic rings. The first kappa shape index (κ1) is 24.2. The minimum absolute atomic E-state index is 0.0600. The number of carbonyl (C=O) groups excluding carboxylic acids is 1. The van der Waals surface area contributed by atoms with Crippen molar-refractivity contribution in [1.29, 1.82) is 0 Å². The summed E-state index contributed by atoms with van der Waals surface area (Å²) in [5.41, 5.74) is 4.27. The first-order chi connectivity index (χ1) is 15.9. The molecule has 0 aromatic heterocycles. The molecule has 3 aliphatic heterocycles. The number of urea groups is 1. The summed E-state index contributed by atoms with van der Waals surface area (Å²) < 4.78 is 0. The van der Waals surface area contributed by atoms with Gasteiger partial charge >= 0.3 is 6.03 Å². The molecule has 0 spiro atoms. The number of aryl methyl sites for hydroxylation is 1. The lowest BCUT2D eigenvalue weighted by Crippen LogP contribution is -2.48. The van der Waals surface area contributed by atoms with Gasteiger partial charge in [-0.1, -0.05) is 32.6 Å². The van der Waals surface area contributed by atoms with Crippen LogP contribution in [0.25, 0.3) is 0 Å². The summed E-state index contributed by atoms with van der Waals surface area (Å²) in [5, 5.41) is 2.88. The molecule has 1 aromatic carbocycles. The van der Waals surface area contributed by atoms with Crippen LogP contribution >= 0.6 is 0 Å². The van der Waals surface area contributed by atoms with Crippen LogP contribution in [0.15, 0.2) is 30.5 Å². The van der Waals surface area contributed by atoms with Gasteiger partial charge in [0.2, 0.25) is 0 Å². The van der Waals surface area contributed by atoms with Gasteiger partial charge in [0, 0.05) is 70.2 Å². The number of rotatable bonds is 7. The van der Waals surface area contributed by atoms with E-state index in [-0.39, 0.29) is 6.03 Å². The highest BCUT2D eigenvalue weighted by Crippen LogP contribution is 2.26. The fourth-order valence-electron chi connectivity index (χ4n) is 5.52. The van der Waals surface area contributed by atoms with Gasteiger partial charge in [-0.3, -0.25) is 9.80 Å². The summed E-state index contributed by atoms with van der Waals surface area (Å²) in [6.45, 7) is 22.0. The molecule has 3 saturated heterocycles. The average molecular weight is 454 g/mol. The first-order valence-electron chi connectivity index (χ1n) is 12.9. The average Bonchev–Trinajstić information content (AvgIpc) is 2.78. The van der Waals surface area contributed by atoms with Crippen molar-refractivity contribution in [3.63, 3.8) is 0 Å². The van der Waals surface area contributed by atoms with Gasteiger partial charge in [0.05, 0.1) is 0 Å². The zero-order valence-corrected chi connectivity index (χ0v) is 21.0. The Balaban J connectivity index is 1.24. The van der Waals surface area contributed by atoms with Crippen LogP contribution < -0.4 is 10.2 Å². The van der Waals surface area contributed by atoms with Crippen LogP contribution in [0.4, 0.5) is 10.5 Å². The monoisotopic (exact) mass is 453 g/mol. The number of nitrogens with one attached hydrogen (secondary N) is 1. The zero-order chi connectivity index (χ0) is 23.4. The fraction of sp³-hybridized carbons (Fsp3) is 0.667. The van der Waals surface area contributed by atoms with Gasteiger partial charge in [-0.05, 0) is 61.9 Å². The number of nitrogens with zero attached hydrogens (tertiary/aromatic N) is 4. The maximum Gasteiger partial charge on any atom is 0.326 e. The number of carbonyl (C=O) groups is 1. The lowest BCUT2D eigenvalue weighted by molar-refractivity contribution is 0.0894. The van der Waals surface area contributed by atoms with Crippen LogP contribution in [-0.2, 0) is 6.54 Å². The SMILES string of the molecule is C=C1CCN(c2cc(CN3CCN(CC4CCN(CC(C)C)CC4)CC3)ccc2C)C(=O)N1. The van der Waals surface area contributed by atoms with Crippen LogP contribution in [0.3, 0.4) is 0 Å². The predicted octanol–water partition coefficient (Wildman–Crippen LogP) is 3.91. The largest absolute Gasteiger partial charge is 0.326 e. The van der Waals surface area contributed by atoms with Gasteiger partial charge < -0.3 is 15.1 Å². The molecule has 3 heterocycles. The summed E-state index contributed by atoms with van der Waals surface area (Å²) in [6, 6.07) is 6.52. The highest BCUT2D eigenvalue weighted by atomic mass is 16.2. The minimum atomic E-state index is -0.0600. The van der Waals surface area contributed by atoms with Crippen molar-refractivity contribution < 1.29 is 4.79 Å². The molecular weight excluding hydrogens is 410 g/mol. The number of hydrogen-bond acceptors (Lipinski definition) is 4. The molecule has 4 rings (SSSR count). The molecule has 0 atom stereocenters. The molecule has 182 valence electrons. The van der Waals surface area contributed by atoms with E-state index >= 15 is 0 Å². The maximum atomic E-state index is 12.5.